The normalized spacial score (nSPS) is 11.7. The Morgan fingerprint density at radius 2 is 1.79 bits per heavy atom. The van der Waals surface area contributed by atoms with Crippen LogP contribution in [0.15, 0.2) is 46.9 Å². The van der Waals surface area contributed by atoms with Gasteiger partial charge in [0.1, 0.15) is 17.7 Å². The molecule has 0 aliphatic carbocycles. The van der Waals surface area contributed by atoms with Crippen LogP contribution in [-0.4, -0.2) is 0 Å². The van der Waals surface area contributed by atoms with E-state index in [2.05, 4.69) is 21.2 Å². The van der Waals surface area contributed by atoms with Gasteiger partial charge in [-0.2, -0.15) is 5.26 Å². The monoisotopic (exact) mass is 322 g/mol. The highest BCUT2D eigenvalue weighted by Gasteiger charge is 2.15. The van der Waals surface area contributed by atoms with Crippen LogP contribution in [0.1, 0.15) is 11.6 Å². The van der Waals surface area contributed by atoms with Gasteiger partial charge in [-0.15, -0.1) is 0 Å². The molecule has 0 fully saturated rings. The van der Waals surface area contributed by atoms with Gasteiger partial charge >= 0.3 is 0 Å². The maximum absolute atomic E-state index is 13.7. The van der Waals surface area contributed by atoms with Gasteiger partial charge in [0.15, 0.2) is 0 Å². The molecule has 0 bridgehead atoms. The largest absolute Gasteiger partial charge is 0.366 e. The summed E-state index contributed by atoms with van der Waals surface area (Å²) in [5.74, 6) is -0.836. The molecule has 2 aromatic rings. The Hall–Kier alpha value is -1.93. The molecule has 0 amide bonds. The molecule has 96 valence electrons. The second-order valence-electron chi connectivity index (χ2n) is 3.88. The van der Waals surface area contributed by atoms with Crippen molar-refractivity contribution in [1.29, 1.82) is 5.26 Å². The fraction of sp³-hybridized carbons (Fsp3) is 0.0714. The predicted molar refractivity (Wildman–Crippen MR) is 72.5 cm³/mol. The third-order valence-corrected chi connectivity index (χ3v) is 3.05. The highest BCUT2D eigenvalue weighted by molar-refractivity contribution is 9.10. The van der Waals surface area contributed by atoms with Gasteiger partial charge in [-0.3, -0.25) is 0 Å². The number of anilines is 1. The quantitative estimate of drug-likeness (QED) is 0.908. The average Bonchev–Trinajstić information content (AvgIpc) is 2.41. The van der Waals surface area contributed by atoms with E-state index in [0.717, 1.165) is 0 Å². The van der Waals surface area contributed by atoms with Gasteiger partial charge in [-0.25, -0.2) is 8.78 Å². The van der Waals surface area contributed by atoms with Crippen molar-refractivity contribution in [3.63, 3.8) is 0 Å². The van der Waals surface area contributed by atoms with Crippen LogP contribution in [0, 0.1) is 23.0 Å². The number of nitrogens with one attached hydrogen (secondary N) is 1. The van der Waals surface area contributed by atoms with Gasteiger partial charge in [0, 0.05) is 15.7 Å². The van der Waals surface area contributed by atoms with E-state index in [0.29, 0.717) is 10.2 Å². The standard InChI is InChI=1S/C14H9BrF2N2/c15-9-1-6-13(17)12(7-9)14(8-18)19-11-4-2-10(16)3-5-11/h1-7,14,19H. The van der Waals surface area contributed by atoms with E-state index >= 15 is 0 Å². The highest BCUT2D eigenvalue weighted by Crippen LogP contribution is 2.24. The minimum absolute atomic E-state index is 0.237. The maximum atomic E-state index is 13.7. The Balaban J connectivity index is 2.28. The Kier molecular flexibility index (Phi) is 4.13. The Bertz CT molecular complexity index is 620. The Morgan fingerprint density at radius 3 is 2.42 bits per heavy atom. The fourth-order valence-corrected chi connectivity index (χ4v) is 2.01. The molecular formula is C14H9BrF2N2. The van der Waals surface area contributed by atoms with E-state index in [-0.39, 0.29) is 11.4 Å². The molecule has 1 unspecified atom stereocenters. The minimum atomic E-state index is -0.844. The van der Waals surface area contributed by atoms with Crippen molar-refractivity contribution in [2.24, 2.45) is 0 Å². The smallest absolute Gasteiger partial charge is 0.143 e. The molecule has 19 heavy (non-hydrogen) atoms. The summed E-state index contributed by atoms with van der Waals surface area (Å²) < 4.78 is 27.2. The lowest BCUT2D eigenvalue weighted by molar-refractivity contribution is 0.607. The van der Waals surface area contributed by atoms with Crippen molar-refractivity contribution in [3.8, 4) is 6.07 Å². The number of hydrogen-bond donors (Lipinski definition) is 1. The molecule has 0 saturated heterocycles. The van der Waals surface area contributed by atoms with E-state index in [9.17, 15) is 8.78 Å². The zero-order chi connectivity index (χ0) is 13.8. The third-order valence-electron chi connectivity index (χ3n) is 2.55. The first-order valence-corrected chi connectivity index (χ1v) is 6.26. The summed E-state index contributed by atoms with van der Waals surface area (Å²) in [5, 5.41) is 12.0. The molecule has 0 aliphatic rings. The van der Waals surface area contributed by atoms with Crippen LogP contribution >= 0.6 is 15.9 Å². The molecule has 0 aliphatic heterocycles. The lowest BCUT2D eigenvalue weighted by Gasteiger charge is -2.14. The van der Waals surface area contributed by atoms with E-state index in [1.807, 2.05) is 6.07 Å². The van der Waals surface area contributed by atoms with Gasteiger partial charge < -0.3 is 5.32 Å². The number of benzene rings is 2. The number of rotatable bonds is 3. The molecule has 5 heteroatoms. The van der Waals surface area contributed by atoms with Gasteiger partial charge in [0.05, 0.1) is 6.07 Å². The van der Waals surface area contributed by atoms with Gasteiger partial charge in [0.25, 0.3) is 0 Å². The van der Waals surface area contributed by atoms with Crippen LogP contribution in [-0.2, 0) is 0 Å². The summed E-state index contributed by atoms with van der Waals surface area (Å²) in [7, 11) is 0. The molecule has 1 N–H and O–H groups in total. The summed E-state index contributed by atoms with van der Waals surface area (Å²) in [6.45, 7) is 0. The summed E-state index contributed by atoms with van der Waals surface area (Å²) in [4.78, 5) is 0. The summed E-state index contributed by atoms with van der Waals surface area (Å²) in [6, 6.07) is 11.1. The molecular weight excluding hydrogens is 314 g/mol. The maximum Gasteiger partial charge on any atom is 0.143 e. The van der Waals surface area contributed by atoms with Crippen molar-refractivity contribution in [2.45, 2.75) is 6.04 Å². The van der Waals surface area contributed by atoms with Crippen molar-refractivity contribution < 1.29 is 8.78 Å². The van der Waals surface area contributed by atoms with E-state index < -0.39 is 11.9 Å². The predicted octanol–water partition coefficient (Wildman–Crippen LogP) is 4.40. The Morgan fingerprint density at radius 1 is 1.11 bits per heavy atom. The first kappa shape index (κ1) is 13.5. The van der Waals surface area contributed by atoms with Crippen molar-refractivity contribution in [2.75, 3.05) is 5.32 Å². The van der Waals surface area contributed by atoms with Gasteiger partial charge in [-0.1, -0.05) is 15.9 Å². The second-order valence-corrected chi connectivity index (χ2v) is 4.79. The van der Waals surface area contributed by atoms with Crippen LogP contribution in [0.4, 0.5) is 14.5 Å². The molecule has 2 nitrogen and oxygen atoms in total. The van der Waals surface area contributed by atoms with E-state index in [4.69, 9.17) is 5.26 Å². The molecule has 0 spiro atoms. The molecule has 2 rings (SSSR count). The summed E-state index contributed by atoms with van der Waals surface area (Å²) in [6.07, 6.45) is 0. The number of nitrogens with zero attached hydrogens (tertiary/aromatic N) is 1. The molecule has 0 aromatic heterocycles. The highest BCUT2D eigenvalue weighted by atomic mass is 79.9. The van der Waals surface area contributed by atoms with Gasteiger partial charge in [-0.05, 0) is 42.5 Å². The molecule has 0 heterocycles. The second kappa shape index (κ2) is 5.81. The first-order valence-electron chi connectivity index (χ1n) is 5.47. The van der Waals surface area contributed by atoms with E-state index in [1.165, 1.54) is 30.3 Å². The minimum Gasteiger partial charge on any atom is -0.366 e. The zero-order valence-electron chi connectivity index (χ0n) is 9.70. The average molecular weight is 323 g/mol. The number of hydrogen-bond acceptors (Lipinski definition) is 2. The Labute approximate surface area is 117 Å². The molecule has 2 aromatic carbocycles. The molecule has 0 radical (unpaired) electrons. The SMILES string of the molecule is N#CC(Nc1ccc(F)cc1)c1cc(Br)ccc1F. The van der Waals surface area contributed by atoms with Crippen LogP contribution < -0.4 is 5.32 Å². The van der Waals surface area contributed by atoms with Crippen molar-refractivity contribution >= 4 is 21.6 Å². The number of nitriles is 1. The third kappa shape index (κ3) is 3.30. The zero-order valence-corrected chi connectivity index (χ0v) is 11.3. The molecule has 1 atom stereocenters. The topological polar surface area (TPSA) is 35.8 Å². The first-order chi connectivity index (χ1) is 9.10. The lowest BCUT2D eigenvalue weighted by Crippen LogP contribution is -2.10. The summed E-state index contributed by atoms with van der Waals surface area (Å²) >= 11 is 3.24. The molecule has 0 saturated carbocycles. The fourth-order valence-electron chi connectivity index (χ4n) is 1.63. The van der Waals surface area contributed by atoms with Crippen molar-refractivity contribution in [1.82, 2.24) is 0 Å². The van der Waals surface area contributed by atoms with E-state index in [1.54, 1.807) is 12.1 Å². The van der Waals surface area contributed by atoms with Gasteiger partial charge in [0.2, 0.25) is 0 Å². The van der Waals surface area contributed by atoms with Crippen LogP contribution in [0.25, 0.3) is 0 Å². The lowest BCUT2D eigenvalue weighted by atomic mass is 10.1. The van der Waals surface area contributed by atoms with Crippen molar-refractivity contribution in [3.05, 3.63) is 64.1 Å². The van der Waals surface area contributed by atoms with Crippen LogP contribution in [0.5, 0.6) is 0 Å². The summed E-state index contributed by atoms with van der Waals surface area (Å²) in [5.41, 5.74) is 0.786. The van der Waals surface area contributed by atoms with Crippen LogP contribution in [0.2, 0.25) is 0 Å². The number of halogens is 3. The van der Waals surface area contributed by atoms with Crippen LogP contribution in [0.3, 0.4) is 0 Å².